The maximum absolute atomic E-state index is 5.67. The Morgan fingerprint density at radius 2 is 2.00 bits per heavy atom. The molecule has 20 heavy (non-hydrogen) atoms. The van der Waals surface area contributed by atoms with Crippen LogP contribution >= 0.6 is 23.6 Å². The molecule has 2 heterocycles. The smallest absolute Gasteiger partial charge is 0.188 e. The first kappa shape index (κ1) is 14.9. The maximum Gasteiger partial charge on any atom is 0.188 e. The van der Waals surface area contributed by atoms with Crippen molar-refractivity contribution in [2.24, 2.45) is 5.73 Å². The monoisotopic (exact) mass is 306 g/mol. The highest BCUT2D eigenvalue weighted by Crippen LogP contribution is 2.28. The van der Waals surface area contributed by atoms with Crippen molar-refractivity contribution in [3.8, 4) is 0 Å². The number of thiocarbonyl (C=S) groups is 1. The van der Waals surface area contributed by atoms with Gasteiger partial charge in [-0.1, -0.05) is 33.0 Å². The van der Waals surface area contributed by atoms with Crippen LogP contribution in [0.1, 0.15) is 37.7 Å². The second kappa shape index (κ2) is 5.46. The first-order valence-electron chi connectivity index (χ1n) is 6.27. The quantitative estimate of drug-likeness (QED) is 0.849. The van der Waals surface area contributed by atoms with Crippen molar-refractivity contribution in [3.05, 3.63) is 34.5 Å². The van der Waals surface area contributed by atoms with Crippen LogP contribution in [0.3, 0.4) is 0 Å². The minimum Gasteiger partial charge on any atom is -0.389 e. The molecule has 2 rings (SSSR count). The Hall–Kier alpha value is -1.53. The molecule has 0 aliphatic carbocycles. The maximum atomic E-state index is 5.67. The van der Waals surface area contributed by atoms with Crippen LogP contribution in [0.25, 0.3) is 0 Å². The fourth-order valence-corrected chi connectivity index (χ4v) is 2.72. The third-order valence-corrected chi connectivity index (χ3v) is 3.74. The summed E-state index contributed by atoms with van der Waals surface area (Å²) in [6.07, 6.45) is 0. The highest BCUT2D eigenvalue weighted by molar-refractivity contribution is 7.80. The summed E-state index contributed by atoms with van der Waals surface area (Å²) in [5.74, 6) is 0.711. The van der Waals surface area contributed by atoms with Crippen molar-refractivity contribution in [2.45, 2.75) is 33.1 Å². The molecule has 0 fully saturated rings. The van der Waals surface area contributed by atoms with Gasteiger partial charge < -0.3 is 11.1 Å². The number of anilines is 2. The number of rotatable bonds is 3. The fraction of sp³-hybridized carbons (Fsp3) is 0.357. The van der Waals surface area contributed by atoms with E-state index in [4.69, 9.17) is 18.0 Å². The zero-order valence-electron chi connectivity index (χ0n) is 12.0. The molecule has 0 aliphatic heterocycles. The molecule has 0 saturated heterocycles. The van der Waals surface area contributed by atoms with Gasteiger partial charge in [0, 0.05) is 22.1 Å². The molecule has 0 amide bonds. The van der Waals surface area contributed by atoms with Crippen LogP contribution in [0.2, 0.25) is 0 Å². The van der Waals surface area contributed by atoms with Crippen LogP contribution in [0.5, 0.6) is 0 Å². The van der Waals surface area contributed by atoms with Gasteiger partial charge in [-0.3, -0.25) is 0 Å². The average Bonchev–Trinajstić information content (AvgIpc) is 2.76. The third-order valence-electron chi connectivity index (χ3n) is 2.75. The van der Waals surface area contributed by atoms with E-state index in [1.165, 1.54) is 0 Å². The van der Waals surface area contributed by atoms with Crippen molar-refractivity contribution < 1.29 is 0 Å². The van der Waals surface area contributed by atoms with E-state index in [9.17, 15) is 0 Å². The lowest BCUT2D eigenvalue weighted by Crippen LogP contribution is -2.12. The summed E-state index contributed by atoms with van der Waals surface area (Å²) in [6, 6.07) is 3.71. The molecule has 6 heteroatoms. The van der Waals surface area contributed by atoms with E-state index in [-0.39, 0.29) is 5.41 Å². The topological polar surface area (TPSA) is 63.8 Å². The molecule has 106 valence electrons. The number of hydrogen-bond donors (Lipinski definition) is 2. The summed E-state index contributed by atoms with van der Waals surface area (Å²) in [5.41, 5.74) is 8.45. The van der Waals surface area contributed by atoms with Crippen LogP contribution in [0.15, 0.2) is 17.5 Å². The van der Waals surface area contributed by atoms with Gasteiger partial charge in [0.05, 0.1) is 5.69 Å². The standard InChI is InChI=1S/C14H18N4S2/c1-8-5-9(12(15)19)6-11(16-8)18-13-17-10(7-20-13)14(2,3)4/h5-7H,1-4H3,(H2,15,19)(H,16,17,18). The Morgan fingerprint density at radius 1 is 1.30 bits per heavy atom. The predicted molar refractivity (Wildman–Crippen MR) is 89.0 cm³/mol. The molecule has 4 nitrogen and oxygen atoms in total. The van der Waals surface area contributed by atoms with E-state index < -0.39 is 0 Å². The van der Waals surface area contributed by atoms with Crippen molar-refractivity contribution in [3.63, 3.8) is 0 Å². The number of nitrogens with one attached hydrogen (secondary N) is 1. The van der Waals surface area contributed by atoms with Gasteiger partial charge in [-0.15, -0.1) is 11.3 Å². The lowest BCUT2D eigenvalue weighted by Gasteiger charge is -2.14. The Morgan fingerprint density at radius 3 is 2.55 bits per heavy atom. The van der Waals surface area contributed by atoms with Gasteiger partial charge >= 0.3 is 0 Å². The van der Waals surface area contributed by atoms with E-state index in [1.807, 2.05) is 19.1 Å². The van der Waals surface area contributed by atoms with Gasteiger partial charge in [0.15, 0.2) is 5.13 Å². The number of aromatic nitrogens is 2. The highest BCUT2D eigenvalue weighted by Gasteiger charge is 2.17. The second-order valence-electron chi connectivity index (χ2n) is 5.66. The van der Waals surface area contributed by atoms with Crippen LogP contribution in [-0.2, 0) is 5.41 Å². The minimum absolute atomic E-state index is 0.0421. The molecule has 2 aromatic rings. The lowest BCUT2D eigenvalue weighted by molar-refractivity contribution is 0.573. The molecular weight excluding hydrogens is 288 g/mol. The molecule has 0 radical (unpaired) electrons. The van der Waals surface area contributed by atoms with Gasteiger partial charge in [-0.25, -0.2) is 9.97 Å². The van der Waals surface area contributed by atoms with E-state index >= 15 is 0 Å². The van der Waals surface area contributed by atoms with Crippen molar-refractivity contribution >= 4 is 39.5 Å². The lowest BCUT2D eigenvalue weighted by atomic mass is 9.93. The fourth-order valence-electron chi connectivity index (χ4n) is 1.66. The molecule has 2 aromatic heterocycles. The van der Waals surface area contributed by atoms with Crippen molar-refractivity contribution in [2.75, 3.05) is 5.32 Å². The van der Waals surface area contributed by atoms with Crippen LogP contribution in [-0.4, -0.2) is 15.0 Å². The third kappa shape index (κ3) is 3.52. The zero-order chi connectivity index (χ0) is 14.9. The van der Waals surface area contributed by atoms with Crippen molar-refractivity contribution in [1.82, 2.24) is 9.97 Å². The van der Waals surface area contributed by atoms with Gasteiger partial charge in [0.25, 0.3) is 0 Å². The molecule has 3 N–H and O–H groups in total. The van der Waals surface area contributed by atoms with E-state index in [2.05, 4.69) is 41.4 Å². The van der Waals surface area contributed by atoms with Crippen molar-refractivity contribution in [1.29, 1.82) is 0 Å². The summed E-state index contributed by atoms with van der Waals surface area (Å²) in [7, 11) is 0. The molecule has 0 atom stereocenters. The molecule has 0 unspecified atom stereocenters. The van der Waals surface area contributed by atoms with Crippen LogP contribution < -0.4 is 11.1 Å². The van der Waals surface area contributed by atoms with Gasteiger partial charge in [-0.2, -0.15) is 0 Å². The number of hydrogen-bond acceptors (Lipinski definition) is 5. The van der Waals surface area contributed by atoms with Crippen LogP contribution in [0, 0.1) is 6.92 Å². The van der Waals surface area contributed by atoms with Gasteiger partial charge in [-0.05, 0) is 19.1 Å². The number of thiazole rings is 1. The first-order valence-corrected chi connectivity index (χ1v) is 7.56. The molecule has 0 aliphatic rings. The Bertz CT molecular complexity index is 641. The summed E-state index contributed by atoms with van der Waals surface area (Å²) < 4.78 is 0. The first-order chi connectivity index (χ1) is 9.25. The summed E-state index contributed by atoms with van der Waals surface area (Å²) in [5, 5.41) is 6.10. The Kier molecular flexibility index (Phi) is 4.06. The largest absolute Gasteiger partial charge is 0.389 e. The molecule has 0 saturated carbocycles. The number of nitrogens with two attached hydrogens (primary N) is 1. The second-order valence-corrected chi connectivity index (χ2v) is 6.96. The summed E-state index contributed by atoms with van der Waals surface area (Å²) in [6.45, 7) is 8.33. The Balaban J connectivity index is 2.26. The number of pyridine rings is 1. The Labute approximate surface area is 128 Å². The minimum atomic E-state index is 0.0421. The van der Waals surface area contributed by atoms with Gasteiger partial charge in [0.2, 0.25) is 0 Å². The SMILES string of the molecule is Cc1cc(C(N)=S)cc(Nc2nc(C(C)(C)C)cs2)n1. The van der Waals surface area contributed by atoms with E-state index in [0.29, 0.717) is 10.8 Å². The highest BCUT2D eigenvalue weighted by atomic mass is 32.1. The predicted octanol–water partition coefficient (Wildman–Crippen LogP) is 3.52. The summed E-state index contributed by atoms with van der Waals surface area (Å²) in [4.78, 5) is 9.38. The van der Waals surface area contributed by atoms with E-state index in [0.717, 1.165) is 22.1 Å². The zero-order valence-corrected chi connectivity index (χ0v) is 13.7. The summed E-state index contributed by atoms with van der Waals surface area (Å²) >= 11 is 6.57. The number of aryl methyl sites for hydroxylation is 1. The van der Waals surface area contributed by atoms with E-state index in [1.54, 1.807) is 11.3 Å². The molecule has 0 bridgehead atoms. The normalized spacial score (nSPS) is 11.4. The average molecular weight is 306 g/mol. The molecule has 0 aromatic carbocycles. The number of nitrogens with zero attached hydrogens (tertiary/aromatic N) is 2. The molecular formula is C14H18N4S2. The molecule has 0 spiro atoms. The van der Waals surface area contributed by atoms with Crippen LogP contribution in [0.4, 0.5) is 10.9 Å². The van der Waals surface area contributed by atoms with Gasteiger partial charge in [0.1, 0.15) is 10.8 Å².